The van der Waals surface area contributed by atoms with Crippen LogP contribution in [-0.4, -0.2) is 38.6 Å². The van der Waals surface area contributed by atoms with Gasteiger partial charge in [0.2, 0.25) is 0 Å². The van der Waals surface area contributed by atoms with E-state index in [0.29, 0.717) is 5.75 Å². The molecule has 1 aromatic carbocycles. The Bertz CT molecular complexity index is 527. The molecule has 0 spiro atoms. The Kier molecular flexibility index (Phi) is 4.47. The third-order valence-corrected chi connectivity index (χ3v) is 5.64. The molecule has 0 radical (unpaired) electrons. The highest BCUT2D eigenvalue weighted by Crippen LogP contribution is 2.33. The van der Waals surface area contributed by atoms with E-state index in [0.717, 1.165) is 24.9 Å². The first-order valence-electron chi connectivity index (χ1n) is 6.66. The molecule has 2 N–H and O–H groups in total. The highest BCUT2D eigenvalue weighted by Gasteiger charge is 2.31. The van der Waals surface area contributed by atoms with Crippen LogP contribution in [0.1, 0.15) is 24.3 Å². The first-order valence-corrected chi connectivity index (χ1v) is 8.48. The van der Waals surface area contributed by atoms with Crippen molar-refractivity contribution in [3.63, 3.8) is 0 Å². The van der Waals surface area contributed by atoms with Gasteiger partial charge in [0.1, 0.15) is 5.75 Å². The van der Waals surface area contributed by atoms with Crippen LogP contribution in [0.25, 0.3) is 0 Å². The number of hydrogen-bond donors (Lipinski definition) is 2. The first-order chi connectivity index (χ1) is 9.02. The van der Waals surface area contributed by atoms with E-state index in [2.05, 4.69) is 5.32 Å². The van der Waals surface area contributed by atoms with E-state index in [1.165, 1.54) is 0 Å². The molecule has 0 bridgehead atoms. The fraction of sp³-hybridized carbons (Fsp3) is 0.571. The summed E-state index contributed by atoms with van der Waals surface area (Å²) < 4.78 is 23.6. The van der Waals surface area contributed by atoms with Crippen molar-refractivity contribution in [2.45, 2.75) is 18.8 Å². The number of phenols is 1. The van der Waals surface area contributed by atoms with Crippen molar-refractivity contribution in [1.82, 2.24) is 5.32 Å². The van der Waals surface area contributed by atoms with Crippen molar-refractivity contribution in [2.75, 3.05) is 25.1 Å². The summed E-state index contributed by atoms with van der Waals surface area (Å²) in [6, 6.07) is 7.15. The maximum atomic E-state index is 11.8. The number of aromatic hydroxyl groups is 1. The van der Waals surface area contributed by atoms with Crippen LogP contribution in [0, 0.1) is 5.92 Å². The van der Waals surface area contributed by atoms with Crippen LogP contribution in [0.3, 0.4) is 0 Å². The van der Waals surface area contributed by atoms with Crippen LogP contribution in [0.4, 0.5) is 0 Å². The monoisotopic (exact) mass is 283 g/mol. The number of benzene rings is 1. The second-order valence-electron chi connectivity index (χ2n) is 5.28. The molecule has 106 valence electrons. The standard InChI is InChI=1S/C14H21NO3S/c1-15-9-14(11-4-2-6-13(16)8-11)12-5-3-7-19(17,18)10-12/h2,4,6,8,12,14-16H,3,5,7,9-10H2,1H3. The van der Waals surface area contributed by atoms with E-state index in [1.54, 1.807) is 12.1 Å². The van der Waals surface area contributed by atoms with Gasteiger partial charge in [-0.05, 0) is 43.5 Å². The number of hydrogen-bond acceptors (Lipinski definition) is 4. The predicted octanol–water partition coefficient (Wildman–Crippen LogP) is 1.52. The Hall–Kier alpha value is -1.07. The minimum absolute atomic E-state index is 0.132. The van der Waals surface area contributed by atoms with Crippen LogP contribution in [0.15, 0.2) is 24.3 Å². The molecule has 1 aromatic rings. The van der Waals surface area contributed by atoms with E-state index >= 15 is 0 Å². The number of nitrogens with one attached hydrogen (secondary N) is 1. The fourth-order valence-corrected chi connectivity index (χ4v) is 4.73. The van der Waals surface area contributed by atoms with Crippen molar-refractivity contribution < 1.29 is 13.5 Å². The molecule has 0 aromatic heterocycles. The summed E-state index contributed by atoms with van der Waals surface area (Å²) in [6.45, 7) is 0.726. The van der Waals surface area contributed by atoms with Gasteiger partial charge in [-0.3, -0.25) is 0 Å². The molecule has 1 aliphatic rings. The molecule has 5 heteroatoms. The third-order valence-electron chi connectivity index (χ3n) is 3.79. The lowest BCUT2D eigenvalue weighted by Gasteiger charge is -2.30. The van der Waals surface area contributed by atoms with Crippen LogP contribution in [-0.2, 0) is 9.84 Å². The third kappa shape index (κ3) is 3.70. The van der Waals surface area contributed by atoms with Crippen LogP contribution >= 0.6 is 0 Å². The second kappa shape index (κ2) is 5.92. The zero-order valence-corrected chi connectivity index (χ0v) is 12.0. The average molecular weight is 283 g/mol. The van der Waals surface area contributed by atoms with Crippen molar-refractivity contribution in [1.29, 1.82) is 0 Å². The SMILES string of the molecule is CNCC(c1cccc(O)c1)C1CCCS(=O)(=O)C1. The summed E-state index contributed by atoms with van der Waals surface area (Å²) in [7, 11) is -1.04. The predicted molar refractivity (Wildman–Crippen MR) is 76.2 cm³/mol. The van der Waals surface area contributed by atoms with E-state index in [1.807, 2.05) is 19.2 Å². The topological polar surface area (TPSA) is 66.4 Å². The molecular formula is C14H21NO3S. The van der Waals surface area contributed by atoms with E-state index in [4.69, 9.17) is 0 Å². The summed E-state index contributed by atoms with van der Waals surface area (Å²) >= 11 is 0. The average Bonchev–Trinajstić information content (AvgIpc) is 2.34. The lowest BCUT2D eigenvalue weighted by atomic mass is 9.84. The number of phenolic OH excluding ortho intramolecular Hbond substituents is 1. The molecule has 4 nitrogen and oxygen atoms in total. The summed E-state index contributed by atoms with van der Waals surface area (Å²) in [4.78, 5) is 0. The van der Waals surface area contributed by atoms with Crippen molar-refractivity contribution >= 4 is 9.84 Å². The summed E-state index contributed by atoms with van der Waals surface area (Å²) in [5.41, 5.74) is 1.01. The molecule has 2 atom stereocenters. The Morgan fingerprint density at radius 2 is 2.26 bits per heavy atom. The molecule has 0 amide bonds. The van der Waals surface area contributed by atoms with Crippen LogP contribution in [0.2, 0.25) is 0 Å². The molecule has 19 heavy (non-hydrogen) atoms. The van der Waals surface area contributed by atoms with Gasteiger partial charge in [0.05, 0.1) is 11.5 Å². The van der Waals surface area contributed by atoms with Gasteiger partial charge in [-0.1, -0.05) is 12.1 Å². The van der Waals surface area contributed by atoms with E-state index < -0.39 is 9.84 Å². The van der Waals surface area contributed by atoms with Gasteiger partial charge in [-0.25, -0.2) is 8.42 Å². The van der Waals surface area contributed by atoms with Gasteiger partial charge in [0, 0.05) is 12.5 Å². The molecule has 2 rings (SSSR count). The van der Waals surface area contributed by atoms with Gasteiger partial charge in [0.15, 0.2) is 9.84 Å². The molecule has 1 saturated heterocycles. The Balaban J connectivity index is 2.24. The summed E-state index contributed by atoms with van der Waals surface area (Å²) in [5, 5.41) is 12.7. The number of rotatable bonds is 4. The minimum atomic E-state index is -2.90. The zero-order valence-electron chi connectivity index (χ0n) is 11.2. The molecule has 1 aliphatic heterocycles. The van der Waals surface area contributed by atoms with Gasteiger partial charge >= 0.3 is 0 Å². The molecular weight excluding hydrogens is 262 g/mol. The molecule has 2 unspecified atom stereocenters. The summed E-state index contributed by atoms with van der Waals surface area (Å²) in [6.07, 6.45) is 1.67. The van der Waals surface area contributed by atoms with Gasteiger partial charge < -0.3 is 10.4 Å². The summed E-state index contributed by atoms with van der Waals surface area (Å²) in [5.74, 6) is 1.07. The molecule has 1 heterocycles. The van der Waals surface area contributed by atoms with Gasteiger partial charge in [-0.15, -0.1) is 0 Å². The Morgan fingerprint density at radius 1 is 1.47 bits per heavy atom. The second-order valence-corrected chi connectivity index (χ2v) is 7.50. The van der Waals surface area contributed by atoms with Crippen molar-refractivity contribution in [3.05, 3.63) is 29.8 Å². The van der Waals surface area contributed by atoms with Crippen LogP contribution in [0.5, 0.6) is 5.75 Å². The maximum absolute atomic E-state index is 11.8. The lowest BCUT2D eigenvalue weighted by Crippen LogP contribution is -2.33. The van der Waals surface area contributed by atoms with Gasteiger partial charge in [-0.2, -0.15) is 0 Å². The minimum Gasteiger partial charge on any atom is -0.508 e. The zero-order chi connectivity index (χ0) is 13.9. The van der Waals surface area contributed by atoms with E-state index in [-0.39, 0.29) is 23.3 Å². The number of sulfone groups is 1. The lowest BCUT2D eigenvalue weighted by molar-refractivity contribution is 0.397. The first kappa shape index (κ1) is 14.3. The van der Waals surface area contributed by atoms with Crippen LogP contribution < -0.4 is 5.32 Å². The Morgan fingerprint density at radius 3 is 2.89 bits per heavy atom. The van der Waals surface area contributed by atoms with Gasteiger partial charge in [0.25, 0.3) is 0 Å². The quantitative estimate of drug-likeness (QED) is 0.879. The van der Waals surface area contributed by atoms with E-state index in [9.17, 15) is 13.5 Å². The molecule has 0 saturated carbocycles. The Labute approximate surface area is 114 Å². The highest BCUT2D eigenvalue weighted by atomic mass is 32.2. The molecule has 0 aliphatic carbocycles. The largest absolute Gasteiger partial charge is 0.508 e. The number of likely N-dealkylation sites (N-methyl/N-ethyl adjacent to an activating group) is 1. The van der Waals surface area contributed by atoms with Crippen molar-refractivity contribution in [2.24, 2.45) is 5.92 Å². The maximum Gasteiger partial charge on any atom is 0.150 e. The molecule has 1 fully saturated rings. The highest BCUT2D eigenvalue weighted by molar-refractivity contribution is 7.91. The van der Waals surface area contributed by atoms with Crippen molar-refractivity contribution in [3.8, 4) is 5.75 Å². The normalized spacial score (nSPS) is 23.9. The smallest absolute Gasteiger partial charge is 0.150 e. The fourth-order valence-electron chi connectivity index (χ4n) is 2.91.